The minimum absolute atomic E-state index is 0.185. The number of nitrogens with zero attached hydrogens (tertiary/aromatic N) is 5. The van der Waals surface area contributed by atoms with Crippen LogP contribution in [0, 0.1) is 24.2 Å². The van der Waals surface area contributed by atoms with E-state index in [1.165, 1.54) is 20.0 Å². The number of anilines is 1. The van der Waals surface area contributed by atoms with Crippen molar-refractivity contribution in [1.29, 1.82) is 5.26 Å². The van der Waals surface area contributed by atoms with E-state index < -0.39 is 5.97 Å². The second kappa shape index (κ2) is 9.35. The quantitative estimate of drug-likeness (QED) is 0.634. The molecule has 8 heteroatoms. The molecule has 2 aromatic rings. The molecule has 2 aromatic heterocycles. The van der Waals surface area contributed by atoms with Gasteiger partial charge in [0.15, 0.2) is 0 Å². The van der Waals surface area contributed by atoms with E-state index in [-0.39, 0.29) is 11.9 Å². The summed E-state index contributed by atoms with van der Waals surface area (Å²) in [5.74, 6) is 1.03. The smallest absolute Gasteiger partial charge is 0.343 e. The molecule has 0 amide bonds. The third-order valence-electron chi connectivity index (χ3n) is 6.16. The summed E-state index contributed by atoms with van der Waals surface area (Å²) < 4.78 is 10.5. The summed E-state index contributed by atoms with van der Waals surface area (Å²) in [7, 11) is 1.34. The predicted molar refractivity (Wildman–Crippen MR) is 120 cm³/mol. The summed E-state index contributed by atoms with van der Waals surface area (Å²) in [5, 5.41) is 16.2. The Morgan fingerprint density at radius 1 is 1.22 bits per heavy atom. The molecule has 166 valence electrons. The minimum atomic E-state index is -0.483. The molecule has 8 nitrogen and oxygen atoms in total. The molecule has 1 fully saturated rings. The number of carbonyl (C=O) groups is 1. The summed E-state index contributed by atoms with van der Waals surface area (Å²) in [6, 6.07) is 9.49. The van der Waals surface area contributed by atoms with E-state index >= 15 is 0 Å². The molecule has 0 bridgehead atoms. The van der Waals surface area contributed by atoms with Gasteiger partial charge in [-0.2, -0.15) is 10.4 Å². The molecule has 0 aromatic carbocycles. The van der Waals surface area contributed by atoms with Crippen molar-refractivity contribution in [2.45, 2.75) is 52.0 Å². The van der Waals surface area contributed by atoms with E-state index in [4.69, 9.17) is 14.6 Å². The summed E-state index contributed by atoms with van der Waals surface area (Å²) in [6.07, 6.45) is 5.52. The molecule has 0 spiro atoms. The van der Waals surface area contributed by atoms with Crippen LogP contribution >= 0.6 is 0 Å². The number of pyridine rings is 2. The highest BCUT2D eigenvalue weighted by atomic mass is 16.5. The first-order valence-electron chi connectivity index (χ1n) is 11.0. The largest absolute Gasteiger partial charge is 0.477 e. The number of rotatable bonds is 6. The lowest BCUT2D eigenvalue weighted by molar-refractivity contribution is 0.0595. The van der Waals surface area contributed by atoms with Gasteiger partial charge < -0.3 is 9.47 Å². The lowest BCUT2D eigenvalue weighted by Crippen LogP contribution is -2.33. The number of aromatic nitrogens is 2. The van der Waals surface area contributed by atoms with E-state index in [2.05, 4.69) is 16.0 Å². The number of hydrazone groups is 1. The van der Waals surface area contributed by atoms with Crippen LogP contribution in [0.2, 0.25) is 0 Å². The molecule has 1 aliphatic carbocycles. The van der Waals surface area contributed by atoms with Crippen LogP contribution in [0.1, 0.15) is 66.3 Å². The van der Waals surface area contributed by atoms with Gasteiger partial charge in [-0.05, 0) is 56.9 Å². The van der Waals surface area contributed by atoms with Gasteiger partial charge in [-0.25, -0.2) is 19.8 Å². The maximum absolute atomic E-state index is 12.1. The van der Waals surface area contributed by atoms with Gasteiger partial charge in [0, 0.05) is 6.42 Å². The lowest BCUT2D eigenvalue weighted by Gasteiger charge is -2.27. The molecular weight excluding hydrogens is 406 g/mol. The Hall–Kier alpha value is -3.47. The number of hydrogen-bond donors (Lipinski definition) is 0. The normalized spacial score (nSPS) is 18.4. The van der Waals surface area contributed by atoms with Crippen LogP contribution in [0.15, 0.2) is 29.4 Å². The molecule has 1 unspecified atom stereocenters. The number of nitriles is 1. The second-order valence-corrected chi connectivity index (χ2v) is 8.10. The second-order valence-electron chi connectivity index (χ2n) is 8.10. The van der Waals surface area contributed by atoms with E-state index in [0.29, 0.717) is 35.0 Å². The van der Waals surface area contributed by atoms with Gasteiger partial charge in [0.05, 0.1) is 42.4 Å². The molecule has 2 aliphatic rings. The van der Waals surface area contributed by atoms with Crippen molar-refractivity contribution >= 4 is 17.5 Å². The highest BCUT2D eigenvalue weighted by Gasteiger charge is 2.37. The molecule has 3 heterocycles. The van der Waals surface area contributed by atoms with Gasteiger partial charge in [-0.1, -0.05) is 12.8 Å². The van der Waals surface area contributed by atoms with E-state index in [9.17, 15) is 10.1 Å². The first-order valence-corrected chi connectivity index (χ1v) is 11.0. The molecule has 0 radical (unpaired) electrons. The molecule has 1 saturated carbocycles. The Balaban J connectivity index is 1.72. The Kier molecular flexibility index (Phi) is 6.35. The van der Waals surface area contributed by atoms with Crippen molar-refractivity contribution in [1.82, 2.24) is 9.97 Å². The topological polar surface area (TPSA) is 101 Å². The monoisotopic (exact) mass is 433 g/mol. The first-order chi connectivity index (χ1) is 15.5. The lowest BCUT2D eigenvalue weighted by atomic mass is 9.93. The van der Waals surface area contributed by atoms with Crippen LogP contribution in [0.4, 0.5) is 5.82 Å². The Morgan fingerprint density at radius 2 is 2.00 bits per heavy atom. The fourth-order valence-electron chi connectivity index (χ4n) is 4.52. The maximum atomic E-state index is 12.1. The summed E-state index contributed by atoms with van der Waals surface area (Å²) >= 11 is 0. The third kappa shape index (κ3) is 4.15. The number of carbonyl (C=O) groups excluding carboxylic acids is 1. The zero-order valence-electron chi connectivity index (χ0n) is 18.7. The Morgan fingerprint density at radius 3 is 2.66 bits per heavy atom. The van der Waals surface area contributed by atoms with E-state index in [1.807, 2.05) is 24.9 Å². The summed E-state index contributed by atoms with van der Waals surface area (Å²) in [4.78, 5) is 21.3. The van der Waals surface area contributed by atoms with Gasteiger partial charge in [-0.3, -0.25) is 0 Å². The average Bonchev–Trinajstić information content (AvgIpc) is 3.49. The molecule has 32 heavy (non-hydrogen) atoms. The number of methoxy groups -OCH3 is 1. The highest BCUT2D eigenvalue weighted by Crippen LogP contribution is 2.38. The van der Waals surface area contributed by atoms with Gasteiger partial charge in [0.1, 0.15) is 17.5 Å². The number of ether oxygens (including phenoxy) is 2. The number of esters is 1. The van der Waals surface area contributed by atoms with Crippen molar-refractivity contribution in [2.24, 2.45) is 11.0 Å². The van der Waals surface area contributed by atoms with Crippen LogP contribution < -0.4 is 9.75 Å². The third-order valence-corrected chi connectivity index (χ3v) is 6.16. The van der Waals surface area contributed by atoms with E-state index in [1.54, 1.807) is 18.2 Å². The van der Waals surface area contributed by atoms with Crippen LogP contribution in [-0.4, -0.2) is 41.4 Å². The van der Waals surface area contributed by atoms with Gasteiger partial charge in [0.2, 0.25) is 5.88 Å². The van der Waals surface area contributed by atoms with Crippen LogP contribution in [0.3, 0.4) is 0 Å². The van der Waals surface area contributed by atoms with Crippen LogP contribution in [0.5, 0.6) is 5.88 Å². The molecule has 0 N–H and O–H groups in total. The maximum Gasteiger partial charge on any atom is 0.343 e. The van der Waals surface area contributed by atoms with Crippen molar-refractivity contribution in [3.8, 4) is 11.9 Å². The van der Waals surface area contributed by atoms with Crippen molar-refractivity contribution in [3.63, 3.8) is 0 Å². The number of aryl methyl sites for hydroxylation is 1. The van der Waals surface area contributed by atoms with Crippen molar-refractivity contribution in [3.05, 3.63) is 46.8 Å². The standard InChI is InChI=1S/C24H27N5O3/c1-4-32-23-18(24(30)31-3)10-11-19(27-23)20-13-21(16-7-5-6-8-16)29(28-20)22-12-9-17(14-25)15(2)26-22/h9-12,16,21H,4-8,13H2,1-3H3. The Labute approximate surface area is 187 Å². The molecule has 4 rings (SSSR count). The SMILES string of the molecule is CCOc1nc(C2=NN(c3ccc(C#N)c(C)n3)C(C3CCCC3)C2)ccc1C(=O)OC. The highest BCUT2D eigenvalue weighted by molar-refractivity contribution is 6.02. The van der Waals surface area contributed by atoms with Crippen molar-refractivity contribution in [2.75, 3.05) is 18.7 Å². The summed E-state index contributed by atoms with van der Waals surface area (Å²) in [5.41, 5.74) is 3.07. The predicted octanol–water partition coefficient (Wildman–Crippen LogP) is 4.02. The minimum Gasteiger partial charge on any atom is -0.477 e. The fourth-order valence-corrected chi connectivity index (χ4v) is 4.52. The Bertz CT molecular complexity index is 1090. The zero-order chi connectivity index (χ0) is 22.7. The first kappa shape index (κ1) is 21.8. The number of hydrogen-bond acceptors (Lipinski definition) is 8. The van der Waals surface area contributed by atoms with Crippen LogP contribution in [-0.2, 0) is 4.74 Å². The molecular formula is C24H27N5O3. The van der Waals surface area contributed by atoms with Crippen LogP contribution in [0.25, 0.3) is 0 Å². The van der Waals surface area contributed by atoms with E-state index in [0.717, 1.165) is 30.8 Å². The van der Waals surface area contributed by atoms with Gasteiger partial charge in [-0.15, -0.1) is 0 Å². The molecule has 0 saturated heterocycles. The fraction of sp³-hybridized carbons (Fsp3) is 0.458. The molecule has 1 atom stereocenters. The zero-order valence-corrected chi connectivity index (χ0v) is 18.7. The average molecular weight is 434 g/mol. The summed E-state index contributed by atoms with van der Waals surface area (Å²) in [6.45, 7) is 4.08. The molecule has 1 aliphatic heterocycles. The van der Waals surface area contributed by atoms with Gasteiger partial charge in [0.25, 0.3) is 0 Å². The van der Waals surface area contributed by atoms with Gasteiger partial charge >= 0.3 is 5.97 Å². The van der Waals surface area contributed by atoms with Crippen molar-refractivity contribution < 1.29 is 14.3 Å².